The number of rotatable bonds is 5. The van der Waals surface area contributed by atoms with Crippen LogP contribution < -0.4 is 11.1 Å². The minimum absolute atomic E-state index is 0.0582. The number of halogens is 1. The molecule has 1 aromatic heterocycles. The van der Waals surface area contributed by atoms with Crippen LogP contribution in [0.15, 0.2) is 30.5 Å². The van der Waals surface area contributed by atoms with Crippen LogP contribution in [0.2, 0.25) is 5.02 Å². The summed E-state index contributed by atoms with van der Waals surface area (Å²) >= 11 is 6.04. The highest BCUT2D eigenvalue weighted by Gasteiger charge is 2.33. The third kappa shape index (κ3) is 4.67. The SMILES string of the molecule is Nc1ncc(-c2ccc(Cl)cc2)c([C@H]2CCCCN2C(=O)CCN2C(=O)CCNC2=O)n1. The zero-order valence-corrected chi connectivity index (χ0v) is 18.3. The Bertz CT molecular complexity index is 1010. The lowest BCUT2D eigenvalue weighted by Gasteiger charge is -2.37. The Morgan fingerprint density at radius 1 is 1.22 bits per heavy atom. The summed E-state index contributed by atoms with van der Waals surface area (Å²) in [7, 11) is 0. The highest BCUT2D eigenvalue weighted by atomic mass is 35.5. The molecule has 2 aliphatic heterocycles. The molecule has 2 fully saturated rings. The predicted molar refractivity (Wildman–Crippen MR) is 120 cm³/mol. The number of hydrogen-bond donors (Lipinski definition) is 2. The Balaban J connectivity index is 1.58. The van der Waals surface area contributed by atoms with Gasteiger partial charge in [-0.25, -0.2) is 14.8 Å². The minimum Gasteiger partial charge on any atom is -0.368 e. The highest BCUT2D eigenvalue weighted by Crippen LogP contribution is 2.36. The van der Waals surface area contributed by atoms with E-state index < -0.39 is 6.03 Å². The summed E-state index contributed by atoms with van der Waals surface area (Å²) in [5.74, 6) is -0.239. The van der Waals surface area contributed by atoms with Gasteiger partial charge in [-0.2, -0.15) is 0 Å². The summed E-state index contributed by atoms with van der Waals surface area (Å²) in [5.41, 5.74) is 8.29. The Kier molecular flexibility index (Phi) is 6.55. The average Bonchev–Trinajstić information content (AvgIpc) is 2.79. The van der Waals surface area contributed by atoms with Gasteiger partial charge >= 0.3 is 6.03 Å². The summed E-state index contributed by atoms with van der Waals surface area (Å²) in [6.07, 6.45) is 4.55. The fourth-order valence-electron chi connectivity index (χ4n) is 4.23. The maximum absolute atomic E-state index is 13.2. The van der Waals surface area contributed by atoms with E-state index in [1.54, 1.807) is 23.2 Å². The Morgan fingerprint density at radius 2 is 2.00 bits per heavy atom. The summed E-state index contributed by atoms with van der Waals surface area (Å²) in [5, 5.41) is 3.26. The summed E-state index contributed by atoms with van der Waals surface area (Å²) in [6.45, 7) is 0.967. The first-order chi connectivity index (χ1) is 15.4. The number of piperidine rings is 1. The van der Waals surface area contributed by atoms with Gasteiger partial charge in [0.15, 0.2) is 0 Å². The molecule has 32 heavy (non-hydrogen) atoms. The van der Waals surface area contributed by atoms with E-state index in [1.807, 2.05) is 12.1 Å². The Morgan fingerprint density at radius 3 is 2.75 bits per heavy atom. The summed E-state index contributed by atoms with van der Waals surface area (Å²) < 4.78 is 0. The van der Waals surface area contributed by atoms with Gasteiger partial charge in [0, 0.05) is 49.3 Å². The van der Waals surface area contributed by atoms with Crippen molar-refractivity contribution in [3.05, 3.63) is 41.2 Å². The maximum Gasteiger partial charge on any atom is 0.324 e. The van der Waals surface area contributed by atoms with Crippen LogP contribution in [0.1, 0.15) is 43.8 Å². The molecule has 4 amide bonds. The lowest BCUT2D eigenvalue weighted by Crippen LogP contribution is -2.51. The number of nitrogens with two attached hydrogens (primary N) is 1. The number of hydrogen-bond acceptors (Lipinski definition) is 6. The minimum atomic E-state index is -0.446. The standard InChI is InChI=1S/C22H25ClN6O3/c23-15-6-4-14(5-7-15)16-13-26-21(24)27-20(16)17-3-1-2-11-28(17)19(31)9-12-29-18(30)8-10-25-22(29)32/h4-7,13,17H,1-3,8-12H2,(H,25,32)(H2,24,26,27)/t17-/m1/s1. The largest absolute Gasteiger partial charge is 0.368 e. The molecule has 0 saturated carbocycles. The molecule has 9 nitrogen and oxygen atoms in total. The number of likely N-dealkylation sites (tertiary alicyclic amines) is 1. The number of benzene rings is 1. The van der Waals surface area contributed by atoms with Gasteiger partial charge in [0.05, 0.1) is 11.7 Å². The van der Waals surface area contributed by atoms with Crippen molar-refractivity contribution in [2.24, 2.45) is 0 Å². The second-order valence-electron chi connectivity index (χ2n) is 7.91. The van der Waals surface area contributed by atoms with E-state index in [4.69, 9.17) is 17.3 Å². The van der Waals surface area contributed by atoms with Gasteiger partial charge in [-0.15, -0.1) is 0 Å². The van der Waals surface area contributed by atoms with Gasteiger partial charge in [0.25, 0.3) is 0 Å². The summed E-state index contributed by atoms with van der Waals surface area (Å²) in [4.78, 5) is 48.8. The summed E-state index contributed by atoms with van der Waals surface area (Å²) in [6, 6.07) is 6.64. The van der Waals surface area contributed by atoms with Crippen LogP contribution in [0.4, 0.5) is 10.7 Å². The van der Waals surface area contributed by atoms with Crippen LogP contribution in [-0.4, -0.2) is 57.2 Å². The fraction of sp³-hybridized carbons (Fsp3) is 0.409. The van der Waals surface area contributed by atoms with Gasteiger partial charge in [0.2, 0.25) is 17.8 Å². The number of aromatic nitrogens is 2. The molecule has 3 heterocycles. The van der Waals surface area contributed by atoms with Crippen molar-refractivity contribution < 1.29 is 14.4 Å². The quantitative estimate of drug-likeness (QED) is 0.713. The van der Waals surface area contributed by atoms with E-state index in [0.717, 1.165) is 35.3 Å². The first-order valence-electron chi connectivity index (χ1n) is 10.7. The van der Waals surface area contributed by atoms with Crippen molar-refractivity contribution in [2.75, 3.05) is 25.4 Å². The number of amides is 4. The predicted octanol–water partition coefficient (Wildman–Crippen LogP) is 2.76. The van der Waals surface area contributed by atoms with Crippen LogP contribution >= 0.6 is 11.6 Å². The Labute approximate surface area is 190 Å². The van der Waals surface area contributed by atoms with Crippen LogP contribution in [0, 0.1) is 0 Å². The number of nitrogen functional groups attached to an aromatic ring is 1. The first-order valence-corrected chi connectivity index (χ1v) is 11.1. The molecule has 2 aliphatic rings. The van der Waals surface area contributed by atoms with E-state index >= 15 is 0 Å². The normalized spacial score (nSPS) is 19.1. The Hall–Kier alpha value is -3.20. The van der Waals surface area contributed by atoms with E-state index in [9.17, 15) is 14.4 Å². The van der Waals surface area contributed by atoms with Gasteiger partial charge in [-0.1, -0.05) is 23.7 Å². The van der Waals surface area contributed by atoms with Crippen molar-refractivity contribution in [2.45, 2.75) is 38.1 Å². The number of urea groups is 1. The molecule has 10 heteroatoms. The highest BCUT2D eigenvalue weighted by molar-refractivity contribution is 6.30. The molecule has 0 bridgehead atoms. The van der Waals surface area contributed by atoms with Crippen molar-refractivity contribution in [3.63, 3.8) is 0 Å². The molecule has 0 spiro atoms. The molecule has 2 saturated heterocycles. The second-order valence-corrected chi connectivity index (χ2v) is 8.35. The molecule has 0 radical (unpaired) electrons. The van der Waals surface area contributed by atoms with Gasteiger partial charge < -0.3 is 16.0 Å². The lowest BCUT2D eigenvalue weighted by molar-refractivity contribution is -0.136. The molecule has 2 aromatic rings. The number of nitrogens with one attached hydrogen (secondary N) is 1. The van der Waals surface area contributed by atoms with Crippen molar-refractivity contribution in [1.29, 1.82) is 0 Å². The zero-order chi connectivity index (χ0) is 22.7. The van der Waals surface area contributed by atoms with E-state index in [-0.39, 0.29) is 43.2 Å². The van der Waals surface area contributed by atoms with Crippen molar-refractivity contribution >= 4 is 35.4 Å². The van der Waals surface area contributed by atoms with Crippen LogP contribution in [0.3, 0.4) is 0 Å². The average molecular weight is 457 g/mol. The molecule has 168 valence electrons. The smallest absolute Gasteiger partial charge is 0.324 e. The molecule has 0 unspecified atom stereocenters. The number of nitrogens with zero attached hydrogens (tertiary/aromatic N) is 4. The van der Waals surface area contributed by atoms with Crippen LogP contribution in [-0.2, 0) is 9.59 Å². The molecular weight excluding hydrogens is 432 g/mol. The lowest BCUT2D eigenvalue weighted by atomic mass is 9.93. The third-order valence-corrected chi connectivity index (χ3v) is 6.09. The number of carbonyl (C=O) groups excluding carboxylic acids is 3. The number of anilines is 1. The third-order valence-electron chi connectivity index (χ3n) is 5.84. The topological polar surface area (TPSA) is 122 Å². The van der Waals surface area contributed by atoms with Gasteiger partial charge in [0.1, 0.15) is 0 Å². The van der Waals surface area contributed by atoms with E-state index in [1.165, 1.54) is 0 Å². The van der Waals surface area contributed by atoms with Crippen molar-refractivity contribution in [3.8, 4) is 11.1 Å². The molecule has 1 aromatic carbocycles. The zero-order valence-electron chi connectivity index (χ0n) is 17.6. The van der Waals surface area contributed by atoms with E-state index in [2.05, 4.69) is 15.3 Å². The second kappa shape index (κ2) is 9.52. The monoisotopic (exact) mass is 456 g/mol. The number of imide groups is 1. The fourth-order valence-corrected chi connectivity index (χ4v) is 4.35. The maximum atomic E-state index is 13.2. The van der Waals surface area contributed by atoms with Gasteiger partial charge in [-0.05, 0) is 37.0 Å². The molecule has 3 N–H and O–H groups in total. The molecule has 0 aliphatic carbocycles. The van der Waals surface area contributed by atoms with E-state index in [0.29, 0.717) is 23.8 Å². The van der Waals surface area contributed by atoms with Gasteiger partial charge in [-0.3, -0.25) is 14.5 Å². The first kappa shape index (κ1) is 22.0. The van der Waals surface area contributed by atoms with Crippen LogP contribution in [0.5, 0.6) is 0 Å². The number of carbonyl (C=O) groups is 3. The molecule has 1 atom stereocenters. The molecule has 4 rings (SSSR count). The molecular formula is C22H25ClN6O3. The van der Waals surface area contributed by atoms with Crippen LogP contribution in [0.25, 0.3) is 11.1 Å². The van der Waals surface area contributed by atoms with Crippen molar-refractivity contribution in [1.82, 2.24) is 25.1 Å².